The van der Waals surface area contributed by atoms with Crippen LogP contribution in [0.25, 0.3) is 10.9 Å². The topological polar surface area (TPSA) is 24.9 Å². The SMILES string of the molecule is Cc1c(C2CCCCN2)c(C(F)(F)F)nc2c(C(F)(F)F)cccc12. The number of hydrogen-bond donors (Lipinski definition) is 1. The second kappa shape index (κ2) is 6.16. The van der Waals surface area contributed by atoms with Gasteiger partial charge in [-0.25, -0.2) is 4.98 Å². The van der Waals surface area contributed by atoms with Gasteiger partial charge in [-0.15, -0.1) is 0 Å². The lowest BCUT2D eigenvalue weighted by molar-refractivity contribution is -0.143. The number of nitrogens with zero attached hydrogens (tertiary/aromatic N) is 1. The number of halogens is 6. The minimum atomic E-state index is -4.83. The third kappa shape index (κ3) is 3.31. The summed E-state index contributed by atoms with van der Waals surface area (Å²) in [5.74, 6) is 0. The van der Waals surface area contributed by atoms with Gasteiger partial charge in [0.25, 0.3) is 0 Å². The Morgan fingerprint density at radius 2 is 1.76 bits per heavy atom. The van der Waals surface area contributed by atoms with Crippen molar-refractivity contribution in [3.05, 3.63) is 40.6 Å². The van der Waals surface area contributed by atoms with E-state index in [1.807, 2.05) is 0 Å². The summed E-state index contributed by atoms with van der Waals surface area (Å²) >= 11 is 0. The van der Waals surface area contributed by atoms with E-state index in [0.717, 1.165) is 18.9 Å². The minimum Gasteiger partial charge on any atom is -0.310 e. The van der Waals surface area contributed by atoms with Gasteiger partial charge in [-0.1, -0.05) is 18.6 Å². The van der Waals surface area contributed by atoms with Gasteiger partial charge in [0, 0.05) is 17.0 Å². The van der Waals surface area contributed by atoms with Gasteiger partial charge < -0.3 is 5.32 Å². The number of aromatic nitrogens is 1. The Kier molecular flexibility index (Phi) is 4.43. The fourth-order valence-corrected chi connectivity index (χ4v) is 3.43. The molecule has 2 aromatic rings. The lowest BCUT2D eigenvalue weighted by Gasteiger charge is -2.28. The van der Waals surface area contributed by atoms with Crippen molar-refractivity contribution in [1.82, 2.24) is 10.3 Å². The Bertz CT molecular complexity index is 788. The zero-order valence-corrected chi connectivity index (χ0v) is 13.4. The molecule has 2 heterocycles. The summed E-state index contributed by atoms with van der Waals surface area (Å²) < 4.78 is 80.3. The van der Waals surface area contributed by atoms with E-state index in [2.05, 4.69) is 10.3 Å². The van der Waals surface area contributed by atoms with E-state index in [1.54, 1.807) is 0 Å². The van der Waals surface area contributed by atoms with Crippen LogP contribution < -0.4 is 5.32 Å². The van der Waals surface area contributed by atoms with Crippen LogP contribution in [-0.4, -0.2) is 11.5 Å². The van der Waals surface area contributed by atoms with E-state index in [9.17, 15) is 26.3 Å². The number of fused-ring (bicyclic) bond motifs is 1. The molecule has 1 unspecified atom stereocenters. The van der Waals surface area contributed by atoms with E-state index < -0.39 is 35.2 Å². The third-order valence-electron chi connectivity index (χ3n) is 4.56. The highest BCUT2D eigenvalue weighted by molar-refractivity contribution is 5.87. The molecule has 1 fully saturated rings. The van der Waals surface area contributed by atoms with E-state index >= 15 is 0 Å². The highest BCUT2D eigenvalue weighted by atomic mass is 19.4. The fourth-order valence-electron chi connectivity index (χ4n) is 3.43. The van der Waals surface area contributed by atoms with Gasteiger partial charge in [0.05, 0.1) is 11.1 Å². The third-order valence-corrected chi connectivity index (χ3v) is 4.56. The predicted molar refractivity (Wildman–Crippen MR) is 81.1 cm³/mol. The molecule has 25 heavy (non-hydrogen) atoms. The quantitative estimate of drug-likeness (QED) is 0.688. The average Bonchev–Trinajstić information content (AvgIpc) is 2.53. The second-order valence-electron chi connectivity index (χ2n) is 6.20. The number of alkyl halides is 6. The number of pyridine rings is 1. The van der Waals surface area contributed by atoms with Crippen LogP contribution in [0.4, 0.5) is 26.3 Å². The molecule has 0 radical (unpaired) electrons. The minimum absolute atomic E-state index is 0.0426. The zero-order valence-electron chi connectivity index (χ0n) is 13.4. The maximum Gasteiger partial charge on any atom is 0.433 e. The van der Waals surface area contributed by atoms with E-state index in [-0.39, 0.29) is 16.5 Å². The molecule has 1 N–H and O–H groups in total. The molecule has 0 spiro atoms. The Hall–Kier alpha value is -1.83. The molecule has 1 aliphatic rings. The number of aryl methyl sites for hydroxylation is 1. The first-order chi connectivity index (χ1) is 11.6. The van der Waals surface area contributed by atoms with Crippen LogP contribution in [0, 0.1) is 6.92 Å². The Balaban J connectivity index is 2.34. The van der Waals surface area contributed by atoms with E-state index in [4.69, 9.17) is 0 Å². The summed E-state index contributed by atoms with van der Waals surface area (Å²) in [6.45, 7) is 2.01. The molecule has 0 saturated carbocycles. The molecule has 1 atom stereocenters. The summed E-state index contributed by atoms with van der Waals surface area (Å²) in [7, 11) is 0. The van der Waals surface area contributed by atoms with Crippen molar-refractivity contribution in [2.45, 2.75) is 44.6 Å². The van der Waals surface area contributed by atoms with Crippen LogP contribution >= 0.6 is 0 Å². The van der Waals surface area contributed by atoms with Crippen LogP contribution in [0.5, 0.6) is 0 Å². The first-order valence-electron chi connectivity index (χ1n) is 7.91. The standard InChI is InChI=1S/C17H16F6N2/c1-9-10-5-4-6-11(16(18,19)20)14(10)25-15(17(21,22)23)13(9)12-7-2-3-8-24-12/h4-6,12,24H,2-3,7-8H2,1H3. The van der Waals surface area contributed by atoms with Gasteiger partial charge in [0.1, 0.15) is 5.69 Å². The van der Waals surface area contributed by atoms with Gasteiger partial charge in [-0.3, -0.25) is 0 Å². The number of para-hydroxylation sites is 1. The zero-order chi connectivity index (χ0) is 18.4. The van der Waals surface area contributed by atoms with Crippen molar-refractivity contribution in [2.24, 2.45) is 0 Å². The van der Waals surface area contributed by atoms with Crippen LogP contribution in [0.2, 0.25) is 0 Å². The van der Waals surface area contributed by atoms with Gasteiger partial charge in [0.15, 0.2) is 0 Å². The van der Waals surface area contributed by atoms with Crippen LogP contribution in [0.1, 0.15) is 47.7 Å². The molecule has 1 aliphatic heterocycles. The molecule has 1 saturated heterocycles. The number of nitrogens with one attached hydrogen (secondary N) is 1. The molecule has 0 amide bonds. The number of benzene rings is 1. The molecule has 1 aromatic carbocycles. The number of rotatable bonds is 1. The average molecular weight is 362 g/mol. The molecule has 8 heteroatoms. The van der Waals surface area contributed by atoms with Crippen LogP contribution in [0.15, 0.2) is 18.2 Å². The van der Waals surface area contributed by atoms with Gasteiger partial charge >= 0.3 is 12.4 Å². The first-order valence-corrected chi connectivity index (χ1v) is 7.91. The lowest BCUT2D eigenvalue weighted by Crippen LogP contribution is -2.30. The predicted octanol–water partition coefficient (Wildman–Crippen LogP) is 5.40. The highest BCUT2D eigenvalue weighted by Crippen LogP contribution is 2.42. The van der Waals surface area contributed by atoms with Crippen molar-refractivity contribution in [3.63, 3.8) is 0 Å². The van der Waals surface area contributed by atoms with Crippen LogP contribution in [0.3, 0.4) is 0 Å². The smallest absolute Gasteiger partial charge is 0.310 e. The van der Waals surface area contributed by atoms with E-state index in [1.165, 1.54) is 19.1 Å². The maximum atomic E-state index is 13.6. The summed E-state index contributed by atoms with van der Waals surface area (Å²) in [5.41, 5.74) is -2.88. The Labute approximate surface area is 140 Å². The van der Waals surface area contributed by atoms with Crippen molar-refractivity contribution >= 4 is 10.9 Å². The molecule has 0 aliphatic carbocycles. The molecule has 1 aromatic heterocycles. The fraction of sp³-hybridized carbons (Fsp3) is 0.471. The summed E-state index contributed by atoms with van der Waals surface area (Å²) in [5, 5.41) is 3.14. The monoisotopic (exact) mass is 362 g/mol. The molecular weight excluding hydrogens is 346 g/mol. The number of hydrogen-bond acceptors (Lipinski definition) is 2. The summed E-state index contributed by atoms with van der Waals surface area (Å²) in [6.07, 6.45) is -7.49. The maximum absolute atomic E-state index is 13.6. The van der Waals surface area contributed by atoms with Crippen molar-refractivity contribution < 1.29 is 26.3 Å². The molecular formula is C17H16F6N2. The largest absolute Gasteiger partial charge is 0.433 e. The Morgan fingerprint density at radius 1 is 1.04 bits per heavy atom. The second-order valence-corrected chi connectivity index (χ2v) is 6.20. The lowest BCUT2D eigenvalue weighted by atomic mass is 9.90. The molecule has 2 nitrogen and oxygen atoms in total. The molecule has 3 rings (SSSR count). The summed E-state index contributed by atoms with van der Waals surface area (Å²) in [6, 6.07) is 2.79. The Morgan fingerprint density at radius 3 is 2.32 bits per heavy atom. The molecule has 0 bridgehead atoms. The summed E-state index contributed by atoms with van der Waals surface area (Å²) in [4.78, 5) is 3.46. The highest BCUT2D eigenvalue weighted by Gasteiger charge is 2.41. The van der Waals surface area contributed by atoms with Crippen molar-refractivity contribution in [3.8, 4) is 0 Å². The van der Waals surface area contributed by atoms with Crippen LogP contribution in [-0.2, 0) is 12.4 Å². The van der Waals surface area contributed by atoms with E-state index in [0.29, 0.717) is 13.0 Å². The van der Waals surface area contributed by atoms with Gasteiger partial charge in [-0.2, -0.15) is 26.3 Å². The van der Waals surface area contributed by atoms with Crippen molar-refractivity contribution in [2.75, 3.05) is 6.54 Å². The molecule has 136 valence electrons. The normalized spacial score (nSPS) is 19.4. The van der Waals surface area contributed by atoms with Gasteiger partial charge in [-0.05, 0) is 37.9 Å². The van der Waals surface area contributed by atoms with Gasteiger partial charge in [0.2, 0.25) is 0 Å². The first kappa shape index (κ1) is 18.0. The number of piperidine rings is 1. The van der Waals surface area contributed by atoms with Crippen molar-refractivity contribution in [1.29, 1.82) is 0 Å².